The molecule has 1 nitrogen and oxygen atoms in total. The lowest BCUT2D eigenvalue weighted by Crippen LogP contribution is -2.19. The van der Waals surface area contributed by atoms with Crippen LogP contribution in [0.1, 0.15) is 36.1 Å². The van der Waals surface area contributed by atoms with E-state index in [4.69, 9.17) is 0 Å². The lowest BCUT2D eigenvalue weighted by molar-refractivity contribution is 0.660. The third-order valence-corrected chi connectivity index (χ3v) is 12.0. The first-order chi connectivity index (χ1) is 26.0. The average Bonchev–Trinajstić information content (AvgIpc) is 3.44. The van der Waals surface area contributed by atoms with Gasteiger partial charge in [0.05, 0.1) is 5.69 Å². The Morgan fingerprint density at radius 2 is 1.00 bits per heavy atom. The molecule has 0 N–H and O–H groups in total. The molecule has 1 aliphatic carbocycles. The summed E-state index contributed by atoms with van der Waals surface area (Å²) in [7, 11) is 0. The Hall–Kier alpha value is -6.44. The van der Waals surface area contributed by atoms with Crippen LogP contribution in [0.4, 0.5) is 17.1 Å². The van der Waals surface area contributed by atoms with Gasteiger partial charge in [0.15, 0.2) is 0 Å². The molecular weight excluding hydrogens is 639 g/mol. The molecule has 11 rings (SSSR count). The molecule has 0 saturated carbocycles. The minimum atomic E-state index is -0.0923. The van der Waals surface area contributed by atoms with Gasteiger partial charge < -0.3 is 4.90 Å². The second kappa shape index (κ2) is 11.3. The molecule has 1 heteroatoms. The molecule has 0 bridgehead atoms. The maximum Gasteiger partial charge on any atom is 0.0619 e. The minimum absolute atomic E-state index is 0.0923. The Kier molecular flexibility index (Phi) is 6.43. The first-order valence-electron chi connectivity index (χ1n) is 18.7. The molecule has 1 aliphatic heterocycles. The normalized spacial score (nSPS) is 13.9. The van der Waals surface area contributed by atoms with Gasteiger partial charge in [0.2, 0.25) is 0 Å². The van der Waals surface area contributed by atoms with E-state index in [0.717, 1.165) is 6.42 Å². The quantitative estimate of drug-likeness (QED) is 0.169. The lowest BCUT2D eigenvalue weighted by Gasteiger charge is -2.35. The summed E-state index contributed by atoms with van der Waals surface area (Å²) in [5, 5.41) is 7.54. The Bertz CT molecular complexity index is 2920. The van der Waals surface area contributed by atoms with E-state index in [1.807, 2.05) is 0 Å². The van der Waals surface area contributed by atoms with E-state index >= 15 is 0 Å². The van der Waals surface area contributed by atoms with Crippen LogP contribution >= 0.6 is 0 Å². The number of anilines is 3. The van der Waals surface area contributed by atoms with Gasteiger partial charge in [-0.3, -0.25) is 0 Å². The smallest absolute Gasteiger partial charge is 0.0619 e. The van der Waals surface area contributed by atoms with Gasteiger partial charge >= 0.3 is 0 Å². The zero-order chi connectivity index (χ0) is 35.3. The van der Waals surface area contributed by atoms with Crippen LogP contribution in [0, 0.1) is 0 Å². The molecule has 53 heavy (non-hydrogen) atoms. The fourth-order valence-electron chi connectivity index (χ4n) is 9.45. The highest BCUT2D eigenvalue weighted by atomic mass is 15.2. The number of fused-ring (bicyclic) bond motifs is 8. The summed E-state index contributed by atoms with van der Waals surface area (Å²) < 4.78 is 0. The summed E-state index contributed by atoms with van der Waals surface area (Å²) in [4.78, 5) is 2.54. The molecule has 0 spiro atoms. The largest absolute Gasteiger partial charge is 0.309 e. The SMILES string of the molecule is CC1(C)c2ccccc2-c2ccc(-c3c4ccccc4c(N4c5ccccc5Cc5ccccc54)c4ccc(-c5ccc6ccccc6c5)cc34)cc21. The Balaban J connectivity index is 1.24. The standard InChI is InChI=1S/C52H37N/c1-52(2)46-20-10-9-17-40(46)41-27-26-39(32-47(41)52)50-42-18-7-8-19-43(42)51(53-48-21-11-5-15-37(48)30-38-16-6-12-22-49(38)53)44-28-25-36(31-45(44)50)35-24-23-33-13-3-4-14-34(33)29-35/h3-29,31-32H,30H2,1-2H3. The van der Waals surface area contributed by atoms with Crippen molar-refractivity contribution in [2.45, 2.75) is 25.7 Å². The number of para-hydroxylation sites is 2. The van der Waals surface area contributed by atoms with Gasteiger partial charge in [-0.2, -0.15) is 0 Å². The summed E-state index contributed by atoms with van der Waals surface area (Å²) in [6.07, 6.45) is 0.927. The molecule has 250 valence electrons. The van der Waals surface area contributed by atoms with E-state index < -0.39 is 0 Å². The van der Waals surface area contributed by atoms with Gasteiger partial charge in [-0.25, -0.2) is 0 Å². The van der Waals surface area contributed by atoms with Crippen molar-refractivity contribution in [1.29, 1.82) is 0 Å². The summed E-state index contributed by atoms with van der Waals surface area (Å²) >= 11 is 0. The van der Waals surface area contributed by atoms with Crippen molar-refractivity contribution in [1.82, 2.24) is 0 Å². The average molecular weight is 676 g/mol. The highest BCUT2D eigenvalue weighted by Gasteiger charge is 2.36. The van der Waals surface area contributed by atoms with E-state index in [-0.39, 0.29) is 5.41 Å². The van der Waals surface area contributed by atoms with E-state index in [9.17, 15) is 0 Å². The van der Waals surface area contributed by atoms with Crippen LogP contribution in [-0.4, -0.2) is 0 Å². The van der Waals surface area contributed by atoms with Crippen LogP contribution in [-0.2, 0) is 11.8 Å². The van der Waals surface area contributed by atoms with Crippen molar-refractivity contribution in [3.63, 3.8) is 0 Å². The Morgan fingerprint density at radius 1 is 0.415 bits per heavy atom. The van der Waals surface area contributed by atoms with Gasteiger partial charge in [0, 0.05) is 34.0 Å². The summed E-state index contributed by atoms with van der Waals surface area (Å²) in [5.74, 6) is 0. The topological polar surface area (TPSA) is 3.24 Å². The molecule has 9 aromatic rings. The molecule has 0 saturated heterocycles. The predicted octanol–water partition coefficient (Wildman–Crippen LogP) is 14.2. The fourth-order valence-corrected chi connectivity index (χ4v) is 9.45. The van der Waals surface area contributed by atoms with Gasteiger partial charge in [-0.15, -0.1) is 0 Å². The van der Waals surface area contributed by atoms with Gasteiger partial charge in [0.25, 0.3) is 0 Å². The van der Waals surface area contributed by atoms with Crippen molar-refractivity contribution in [3.8, 4) is 33.4 Å². The molecule has 9 aromatic carbocycles. The van der Waals surface area contributed by atoms with E-state index in [0.29, 0.717) is 0 Å². The van der Waals surface area contributed by atoms with Crippen molar-refractivity contribution in [2.24, 2.45) is 0 Å². The van der Waals surface area contributed by atoms with Crippen LogP contribution < -0.4 is 4.90 Å². The van der Waals surface area contributed by atoms with E-state index in [1.165, 1.54) is 105 Å². The van der Waals surface area contributed by atoms with Gasteiger partial charge in [-0.1, -0.05) is 159 Å². The number of hydrogen-bond acceptors (Lipinski definition) is 1. The molecule has 0 radical (unpaired) electrons. The van der Waals surface area contributed by atoms with Crippen molar-refractivity contribution < 1.29 is 0 Å². The number of rotatable bonds is 3. The zero-order valence-electron chi connectivity index (χ0n) is 29.9. The summed E-state index contributed by atoms with van der Waals surface area (Å²) in [5.41, 5.74) is 16.8. The summed E-state index contributed by atoms with van der Waals surface area (Å²) in [6.45, 7) is 4.76. The molecule has 0 amide bonds. The monoisotopic (exact) mass is 675 g/mol. The third kappa shape index (κ3) is 4.44. The molecule has 1 heterocycles. The number of hydrogen-bond donors (Lipinski definition) is 0. The maximum atomic E-state index is 2.54. The van der Waals surface area contributed by atoms with Gasteiger partial charge in [-0.05, 0) is 108 Å². The third-order valence-electron chi connectivity index (χ3n) is 12.0. The molecule has 0 aromatic heterocycles. The first-order valence-corrected chi connectivity index (χ1v) is 18.7. The fraction of sp³-hybridized carbons (Fsp3) is 0.0769. The van der Waals surface area contributed by atoms with Crippen molar-refractivity contribution >= 4 is 49.4 Å². The van der Waals surface area contributed by atoms with Crippen LogP contribution in [0.3, 0.4) is 0 Å². The Morgan fingerprint density at radius 3 is 1.81 bits per heavy atom. The molecule has 0 atom stereocenters. The van der Waals surface area contributed by atoms with Crippen LogP contribution in [0.25, 0.3) is 65.7 Å². The zero-order valence-corrected chi connectivity index (χ0v) is 29.9. The van der Waals surface area contributed by atoms with Crippen LogP contribution in [0.5, 0.6) is 0 Å². The lowest BCUT2D eigenvalue weighted by atomic mass is 9.80. The highest BCUT2D eigenvalue weighted by Crippen LogP contribution is 2.54. The molecule has 0 unspecified atom stereocenters. The number of nitrogens with zero attached hydrogens (tertiary/aromatic N) is 1. The van der Waals surface area contributed by atoms with Crippen LogP contribution in [0.2, 0.25) is 0 Å². The molecular formula is C52H37N. The Labute approximate surface area is 310 Å². The predicted molar refractivity (Wildman–Crippen MR) is 225 cm³/mol. The van der Waals surface area contributed by atoms with Crippen molar-refractivity contribution in [3.05, 3.63) is 198 Å². The maximum absolute atomic E-state index is 2.54. The first kappa shape index (κ1) is 30.2. The van der Waals surface area contributed by atoms with Crippen molar-refractivity contribution in [2.75, 3.05) is 4.90 Å². The number of benzene rings is 9. The highest BCUT2D eigenvalue weighted by molar-refractivity contribution is 6.23. The summed E-state index contributed by atoms with van der Waals surface area (Å²) in [6, 6.07) is 65.8. The van der Waals surface area contributed by atoms with Crippen LogP contribution in [0.15, 0.2) is 176 Å². The minimum Gasteiger partial charge on any atom is -0.309 e. The molecule has 2 aliphatic rings. The van der Waals surface area contributed by atoms with Gasteiger partial charge in [0.1, 0.15) is 0 Å². The van der Waals surface area contributed by atoms with E-state index in [1.54, 1.807) is 0 Å². The molecule has 0 fully saturated rings. The second-order valence-electron chi connectivity index (χ2n) is 15.3. The van der Waals surface area contributed by atoms with E-state index in [2.05, 4.69) is 195 Å². The second-order valence-corrected chi connectivity index (χ2v) is 15.3.